The van der Waals surface area contributed by atoms with Crippen LogP contribution >= 0.6 is 11.6 Å². The average molecular weight is 311 g/mol. The number of hydrogen-bond donors (Lipinski definition) is 1. The third-order valence-electron chi connectivity index (χ3n) is 3.26. The van der Waals surface area contributed by atoms with Crippen LogP contribution in [-0.4, -0.2) is 22.6 Å². The Kier molecular flexibility index (Phi) is 3.88. The molecule has 0 saturated heterocycles. The van der Waals surface area contributed by atoms with Crippen LogP contribution in [0.1, 0.15) is 11.1 Å². The van der Waals surface area contributed by atoms with Crippen LogP contribution in [0.3, 0.4) is 0 Å². The standard InChI is InChI=1S/C14H11ClF2N3O/c15-9-4-8-5-10(20-14-18-2-1-3-19-14)7-11(8)12(6-9)21-13(16)17/h2-4,6,10,13H,5,7H2,(H,18,19,20). The van der Waals surface area contributed by atoms with E-state index < -0.39 is 6.61 Å². The summed E-state index contributed by atoms with van der Waals surface area (Å²) in [7, 11) is 0. The summed E-state index contributed by atoms with van der Waals surface area (Å²) in [5, 5.41) is 3.54. The molecular weight excluding hydrogens is 300 g/mol. The van der Waals surface area contributed by atoms with Crippen molar-refractivity contribution in [3.8, 4) is 5.75 Å². The molecular formula is C14H11ClF2N3O. The molecule has 109 valence electrons. The molecule has 7 heteroatoms. The lowest BCUT2D eigenvalue weighted by atomic mass is 10.1. The summed E-state index contributed by atoms with van der Waals surface area (Å²) in [5.41, 5.74) is 1.65. The summed E-state index contributed by atoms with van der Waals surface area (Å²) < 4.78 is 29.5. The lowest BCUT2D eigenvalue weighted by molar-refractivity contribution is -0.0504. The van der Waals surface area contributed by atoms with Crippen molar-refractivity contribution in [3.05, 3.63) is 46.7 Å². The number of ether oxygens (including phenoxy) is 1. The number of nitrogens with zero attached hydrogens (tertiary/aromatic N) is 2. The van der Waals surface area contributed by atoms with Crippen molar-refractivity contribution in [2.45, 2.75) is 25.5 Å². The molecule has 1 aliphatic rings. The molecule has 1 aliphatic carbocycles. The fraction of sp³-hybridized carbons (Fsp3) is 0.286. The van der Waals surface area contributed by atoms with Gasteiger partial charge in [-0.15, -0.1) is 0 Å². The third kappa shape index (κ3) is 3.21. The van der Waals surface area contributed by atoms with Crippen LogP contribution in [0.25, 0.3) is 0 Å². The highest BCUT2D eigenvalue weighted by Gasteiger charge is 2.26. The Labute approximate surface area is 125 Å². The zero-order chi connectivity index (χ0) is 14.8. The Morgan fingerprint density at radius 2 is 2.05 bits per heavy atom. The fourth-order valence-corrected chi connectivity index (χ4v) is 2.72. The van der Waals surface area contributed by atoms with E-state index in [1.54, 1.807) is 6.07 Å². The third-order valence-corrected chi connectivity index (χ3v) is 3.47. The van der Waals surface area contributed by atoms with Crippen LogP contribution in [0, 0.1) is 6.07 Å². The molecule has 0 bridgehead atoms. The maximum atomic E-state index is 12.5. The second kappa shape index (κ2) is 5.81. The zero-order valence-corrected chi connectivity index (χ0v) is 11.6. The van der Waals surface area contributed by atoms with Crippen LogP contribution in [0.5, 0.6) is 5.75 Å². The summed E-state index contributed by atoms with van der Waals surface area (Å²) in [6.07, 6.45) is 4.23. The number of fused-ring (bicyclic) bond motifs is 1. The first-order chi connectivity index (χ1) is 10.1. The fourth-order valence-electron chi connectivity index (χ4n) is 2.49. The van der Waals surface area contributed by atoms with Gasteiger partial charge in [0.1, 0.15) is 5.75 Å². The topological polar surface area (TPSA) is 47.0 Å². The quantitative estimate of drug-likeness (QED) is 0.942. The molecule has 1 heterocycles. The molecule has 4 nitrogen and oxygen atoms in total. The van der Waals surface area contributed by atoms with Gasteiger partial charge in [0.05, 0.1) is 0 Å². The van der Waals surface area contributed by atoms with Crippen LogP contribution in [0.4, 0.5) is 14.7 Å². The van der Waals surface area contributed by atoms with E-state index in [0.717, 1.165) is 11.1 Å². The van der Waals surface area contributed by atoms with Gasteiger partial charge in [-0.25, -0.2) is 9.97 Å². The number of hydrogen-bond acceptors (Lipinski definition) is 4. The van der Waals surface area contributed by atoms with E-state index in [1.165, 1.54) is 18.5 Å². The molecule has 2 aromatic rings. The highest BCUT2D eigenvalue weighted by molar-refractivity contribution is 6.30. The molecule has 0 fully saturated rings. The first-order valence-electron chi connectivity index (χ1n) is 6.32. The first kappa shape index (κ1) is 14.0. The van der Waals surface area contributed by atoms with Gasteiger partial charge in [0.2, 0.25) is 5.95 Å². The molecule has 0 aliphatic heterocycles. The van der Waals surface area contributed by atoms with E-state index in [1.807, 2.05) is 0 Å². The van der Waals surface area contributed by atoms with E-state index in [-0.39, 0.29) is 11.8 Å². The van der Waals surface area contributed by atoms with Gasteiger partial charge in [0, 0.05) is 29.5 Å². The summed E-state index contributed by atoms with van der Waals surface area (Å²) in [4.78, 5) is 8.08. The van der Waals surface area contributed by atoms with E-state index in [9.17, 15) is 8.78 Å². The summed E-state index contributed by atoms with van der Waals surface area (Å²) in [5.74, 6) is 0.619. The Balaban J connectivity index is 1.80. The maximum absolute atomic E-state index is 12.5. The molecule has 1 N–H and O–H groups in total. The van der Waals surface area contributed by atoms with Crippen molar-refractivity contribution in [2.24, 2.45) is 0 Å². The number of halogens is 3. The smallest absolute Gasteiger partial charge is 0.387 e. The summed E-state index contributed by atoms with van der Waals surface area (Å²) in [6.45, 7) is -2.87. The minimum Gasteiger partial charge on any atom is -0.434 e. The number of aromatic nitrogens is 2. The Hall–Kier alpha value is -1.95. The molecule has 1 aromatic carbocycles. The van der Waals surface area contributed by atoms with Crippen molar-refractivity contribution in [1.82, 2.24) is 9.97 Å². The van der Waals surface area contributed by atoms with E-state index in [4.69, 9.17) is 11.6 Å². The Morgan fingerprint density at radius 3 is 2.76 bits per heavy atom. The second-order valence-electron chi connectivity index (χ2n) is 4.68. The van der Waals surface area contributed by atoms with E-state index in [2.05, 4.69) is 26.1 Å². The molecule has 1 atom stereocenters. The minimum absolute atomic E-state index is 0.0147. The number of rotatable bonds is 4. The van der Waals surface area contributed by atoms with Crippen LogP contribution < -0.4 is 10.1 Å². The summed E-state index contributed by atoms with van der Waals surface area (Å²) >= 11 is 5.95. The molecule has 3 rings (SSSR count). The van der Waals surface area contributed by atoms with Crippen molar-refractivity contribution in [1.29, 1.82) is 0 Å². The second-order valence-corrected chi connectivity index (χ2v) is 5.11. The molecule has 0 amide bonds. The number of benzene rings is 1. The van der Waals surface area contributed by atoms with Crippen LogP contribution in [0.2, 0.25) is 5.02 Å². The molecule has 0 spiro atoms. The highest BCUT2D eigenvalue weighted by Crippen LogP contribution is 2.35. The van der Waals surface area contributed by atoms with Gasteiger partial charge in [-0.05, 0) is 36.1 Å². The van der Waals surface area contributed by atoms with Gasteiger partial charge in [0.25, 0.3) is 0 Å². The normalized spacial score (nSPS) is 16.9. The van der Waals surface area contributed by atoms with E-state index in [0.29, 0.717) is 23.8 Å². The molecule has 1 aromatic heterocycles. The molecule has 21 heavy (non-hydrogen) atoms. The van der Waals surface area contributed by atoms with E-state index >= 15 is 0 Å². The number of anilines is 1. The first-order valence-corrected chi connectivity index (χ1v) is 6.70. The van der Waals surface area contributed by atoms with Crippen molar-refractivity contribution < 1.29 is 13.5 Å². The Morgan fingerprint density at radius 1 is 1.29 bits per heavy atom. The maximum Gasteiger partial charge on any atom is 0.387 e. The van der Waals surface area contributed by atoms with Gasteiger partial charge in [0.15, 0.2) is 0 Å². The van der Waals surface area contributed by atoms with Gasteiger partial charge in [-0.1, -0.05) is 11.6 Å². The molecule has 1 unspecified atom stereocenters. The van der Waals surface area contributed by atoms with Crippen LogP contribution in [-0.2, 0) is 12.8 Å². The highest BCUT2D eigenvalue weighted by atomic mass is 35.5. The zero-order valence-electron chi connectivity index (χ0n) is 10.8. The number of nitrogens with one attached hydrogen (secondary N) is 1. The lowest BCUT2D eigenvalue weighted by Gasteiger charge is -2.12. The predicted octanol–water partition coefficient (Wildman–Crippen LogP) is 3.11. The van der Waals surface area contributed by atoms with Crippen molar-refractivity contribution in [2.75, 3.05) is 5.32 Å². The van der Waals surface area contributed by atoms with Crippen molar-refractivity contribution in [3.63, 3.8) is 0 Å². The molecule has 0 saturated carbocycles. The monoisotopic (exact) mass is 310 g/mol. The Bertz CT molecular complexity index is 640. The SMILES string of the molecule is FC(F)Oc1cc(Cl)cc2c1CC(Nc1nc[c]cn1)C2. The predicted molar refractivity (Wildman–Crippen MR) is 73.8 cm³/mol. The van der Waals surface area contributed by atoms with Gasteiger partial charge in [-0.3, -0.25) is 0 Å². The lowest BCUT2D eigenvalue weighted by Crippen LogP contribution is -2.21. The minimum atomic E-state index is -2.87. The summed E-state index contributed by atoms with van der Waals surface area (Å²) in [6, 6.07) is 5.94. The average Bonchev–Trinajstić information content (AvgIpc) is 2.81. The van der Waals surface area contributed by atoms with Gasteiger partial charge in [-0.2, -0.15) is 8.78 Å². The van der Waals surface area contributed by atoms with Crippen LogP contribution in [0.15, 0.2) is 24.5 Å². The van der Waals surface area contributed by atoms with Gasteiger partial charge < -0.3 is 10.1 Å². The molecule has 1 radical (unpaired) electrons. The van der Waals surface area contributed by atoms with Crippen molar-refractivity contribution >= 4 is 17.5 Å². The number of alkyl halides is 2. The van der Waals surface area contributed by atoms with Gasteiger partial charge >= 0.3 is 6.61 Å². The largest absolute Gasteiger partial charge is 0.434 e.